The molecule has 0 saturated heterocycles. The zero-order valence-corrected chi connectivity index (χ0v) is 13.9. The van der Waals surface area contributed by atoms with Crippen LogP contribution in [0.3, 0.4) is 0 Å². The van der Waals surface area contributed by atoms with Gasteiger partial charge < -0.3 is 18.9 Å². The van der Waals surface area contributed by atoms with E-state index in [0.717, 1.165) is 6.42 Å². The molecule has 3 atom stereocenters. The number of aromatic nitrogens is 2. The molecule has 0 radical (unpaired) electrons. The summed E-state index contributed by atoms with van der Waals surface area (Å²) < 4.78 is 21.2. The van der Waals surface area contributed by atoms with Crippen LogP contribution in [0, 0.1) is 22.2 Å². The van der Waals surface area contributed by atoms with Crippen molar-refractivity contribution in [2.45, 2.75) is 32.3 Å². The van der Waals surface area contributed by atoms with E-state index in [1.54, 1.807) is 6.07 Å². The Hall–Kier alpha value is -2.56. The zero-order valence-electron chi connectivity index (χ0n) is 13.9. The van der Waals surface area contributed by atoms with Crippen LogP contribution in [0.1, 0.15) is 26.2 Å². The van der Waals surface area contributed by atoms with E-state index in [2.05, 4.69) is 9.97 Å². The van der Waals surface area contributed by atoms with Gasteiger partial charge in [0.2, 0.25) is 11.8 Å². The summed E-state index contributed by atoms with van der Waals surface area (Å²) in [5.41, 5.74) is -0.892. The third kappa shape index (κ3) is 2.40. The van der Waals surface area contributed by atoms with Crippen LogP contribution in [0.25, 0.3) is 0 Å². The second-order valence-corrected chi connectivity index (χ2v) is 6.32. The molecular weight excluding hydrogens is 314 g/mol. The number of hydrogen-bond donors (Lipinski definition) is 0. The van der Waals surface area contributed by atoms with E-state index >= 15 is 0 Å². The molecule has 2 saturated carbocycles. The van der Waals surface area contributed by atoms with E-state index in [1.807, 2.05) is 13.0 Å². The summed E-state index contributed by atoms with van der Waals surface area (Å²) in [5, 5.41) is 8.63. The van der Waals surface area contributed by atoms with Crippen molar-refractivity contribution in [2.24, 2.45) is 10.8 Å². The van der Waals surface area contributed by atoms with Gasteiger partial charge in [-0.1, -0.05) is 6.92 Å². The van der Waals surface area contributed by atoms with Gasteiger partial charge >= 0.3 is 12.0 Å². The van der Waals surface area contributed by atoms with Crippen molar-refractivity contribution in [1.82, 2.24) is 9.97 Å². The molecule has 2 fully saturated rings. The van der Waals surface area contributed by atoms with Gasteiger partial charge in [0, 0.05) is 0 Å². The maximum Gasteiger partial charge on any atom is 0.323 e. The highest BCUT2D eigenvalue weighted by atomic mass is 16.5. The molecule has 128 valence electrons. The molecule has 3 rings (SSSR count). The van der Waals surface area contributed by atoms with Crippen LogP contribution in [0.4, 0.5) is 0 Å². The fraction of sp³-hybridized carbons (Fsp3) is 0.625. The lowest BCUT2D eigenvalue weighted by molar-refractivity contribution is -0.153. The number of fused-ring (bicyclic) bond motifs is 1. The van der Waals surface area contributed by atoms with Gasteiger partial charge in [-0.15, -0.1) is 0 Å². The maximum absolute atomic E-state index is 12.5. The van der Waals surface area contributed by atoms with Crippen LogP contribution in [0.5, 0.6) is 17.8 Å². The number of hydrogen-bond acceptors (Lipinski definition) is 8. The van der Waals surface area contributed by atoms with Crippen molar-refractivity contribution in [3.8, 4) is 23.8 Å². The zero-order chi connectivity index (χ0) is 17.4. The number of nitrogens with zero attached hydrogens (tertiary/aromatic N) is 3. The lowest BCUT2D eigenvalue weighted by atomic mass is 9.96. The van der Waals surface area contributed by atoms with E-state index < -0.39 is 11.5 Å². The first-order chi connectivity index (χ1) is 11.5. The van der Waals surface area contributed by atoms with Crippen molar-refractivity contribution in [2.75, 3.05) is 20.8 Å². The molecule has 0 spiro atoms. The van der Waals surface area contributed by atoms with Crippen LogP contribution in [0.15, 0.2) is 6.07 Å². The first kappa shape index (κ1) is 16.3. The van der Waals surface area contributed by atoms with Gasteiger partial charge in [0.1, 0.15) is 17.6 Å². The number of ether oxygens (including phenoxy) is 4. The lowest BCUT2D eigenvalue weighted by Gasteiger charge is -2.22. The van der Waals surface area contributed by atoms with Crippen LogP contribution in [0.2, 0.25) is 0 Å². The second kappa shape index (κ2) is 5.82. The molecular formula is C16H19N3O5. The molecule has 0 aliphatic heterocycles. The van der Waals surface area contributed by atoms with Crippen molar-refractivity contribution in [3.05, 3.63) is 6.07 Å². The Kier molecular flexibility index (Phi) is 3.95. The fourth-order valence-corrected chi connectivity index (χ4v) is 3.69. The Morgan fingerprint density at radius 3 is 2.58 bits per heavy atom. The molecule has 3 unspecified atom stereocenters. The van der Waals surface area contributed by atoms with Gasteiger partial charge in [0.15, 0.2) is 6.61 Å². The van der Waals surface area contributed by atoms with Crippen LogP contribution in [-0.2, 0) is 9.53 Å². The smallest absolute Gasteiger partial charge is 0.323 e. The average Bonchev–Trinajstić information content (AvgIpc) is 3.14. The second-order valence-electron chi connectivity index (χ2n) is 6.32. The highest BCUT2D eigenvalue weighted by Gasteiger charge is 2.78. The molecule has 0 amide bonds. The minimum atomic E-state index is -0.733. The highest BCUT2D eigenvalue weighted by molar-refractivity contribution is 5.83. The van der Waals surface area contributed by atoms with E-state index in [1.165, 1.54) is 14.2 Å². The van der Waals surface area contributed by atoms with Crippen molar-refractivity contribution in [1.29, 1.82) is 5.26 Å². The topological polar surface area (TPSA) is 104 Å². The van der Waals surface area contributed by atoms with Crippen LogP contribution in [-0.4, -0.2) is 42.9 Å². The van der Waals surface area contributed by atoms with E-state index in [4.69, 9.17) is 24.2 Å². The number of methoxy groups -OCH3 is 2. The Morgan fingerprint density at radius 1 is 1.38 bits per heavy atom. The first-order valence-corrected chi connectivity index (χ1v) is 7.67. The molecule has 0 aromatic carbocycles. The van der Waals surface area contributed by atoms with Crippen LogP contribution >= 0.6 is 0 Å². The lowest BCUT2D eigenvalue weighted by Crippen LogP contribution is -2.36. The summed E-state index contributed by atoms with van der Waals surface area (Å²) in [6.45, 7) is 1.78. The number of esters is 1. The van der Waals surface area contributed by atoms with Crippen LogP contribution < -0.4 is 14.2 Å². The monoisotopic (exact) mass is 333 g/mol. The molecule has 1 heterocycles. The molecule has 8 nitrogen and oxygen atoms in total. The number of carbonyl (C=O) groups is 1. The summed E-state index contributed by atoms with van der Waals surface area (Å²) in [7, 11) is 2.97. The molecule has 24 heavy (non-hydrogen) atoms. The van der Waals surface area contributed by atoms with Crippen molar-refractivity contribution < 1.29 is 23.7 Å². The molecule has 0 N–H and O–H groups in total. The minimum absolute atomic E-state index is 0.0970. The largest absolute Gasteiger partial charge is 0.481 e. The molecule has 1 aromatic rings. The summed E-state index contributed by atoms with van der Waals surface area (Å²) in [4.78, 5) is 20.8. The molecule has 2 aliphatic rings. The van der Waals surface area contributed by atoms with Gasteiger partial charge in [0.05, 0.1) is 20.3 Å². The van der Waals surface area contributed by atoms with Gasteiger partial charge in [-0.05, 0) is 24.7 Å². The van der Waals surface area contributed by atoms with Gasteiger partial charge in [-0.2, -0.15) is 15.2 Å². The number of rotatable bonds is 6. The molecule has 1 aromatic heterocycles. The van der Waals surface area contributed by atoms with Gasteiger partial charge in [0.25, 0.3) is 0 Å². The summed E-state index contributed by atoms with van der Waals surface area (Å²) in [6, 6.07) is 3.46. The average molecular weight is 333 g/mol. The first-order valence-electron chi connectivity index (χ1n) is 7.67. The predicted molar refractivity (Wildman–Crippen MR) is 80.5 cm³/mol. The summed E-state index contributed by atoms with van der Waals surface area (Å²) in [5.74, 6) is 0.243. The van der Waals surface area contributed by atoms with E-state index in [9.17, 15) is 4.79 Å². The van der Waals surface area contributed by atoms with Crippen molar-refractivity contribution in [3.63, 3.8) is 0 Å². The molecule has 2 aliphatic carbocycles. The standard InChI is InChI=1S/C16H19N3O5/c1-15-5-4-10(16(15,9-15)13(20)23-7-6-17)24-14-18-11(21-2)8-12(19-14)22-3/h8,10H,4-5,7,9H2,1-3H3. The van der Waals surface area contributed by atoms with E-state index in [-0.39, 0.29) is 24.0 Å². The minimum Gasteiger partial charge on any atom is -0.481 e. The van der Waals surface area contributed by atoms with Gasteiger partial charge in [-0.25, -0.2) is 0 Å². The Bertz CT molecular complexity index is 681. The summed E-state index contributed by atoms with van der Waals surface area (Å²) >= 11 is 0. The Labute approximate surface area is 139 Å². The molecule has 0 bridgehead atoms. The normalized spacial score (nSPS) is 30.0. The Morgan fingerprint density at radius 2 is 2.04 bits per heavy atom. The van der Waals surface area contributed by atoms with E-state index in [0.29, 0.717) is 24.6 Å². The SMILES string of the molecule is COc1cc(OC)nc(OC2CCC3(C)CC23C(=O)OCC#N)n1. The third-order valence-corrected chi connectivity index (χ3v) is 5.09. The van der Waals surface area contributed by atoms with Crippen molar-refractivity contribution >= 4 is 5.97 Å². The quantitative estimate of drug-likeness (QED) is 0.721. The third-order valence-electron chi connectivity index (χ3n) is 5.09. The number of carbonyl (C=O) groups excluding carboxylic acids is 1. The fourth-order valence-electron chi connectivity index (χ4n) is 3.69. The maximum atomic E-state index is 12.5. The molecule has 8 heteroatoms. The highest BCUT2D eigenvalue weighted by Crippen LogP contribution is 2.74. The number of nitriles is 1. The van der Waals surface area contributed by atoms with Gasteiger partial charge in [-0.3, -0.25) is 4.79 Å². The predicted octanol–water partition coefficient (Wildman–Crippen LogP) is 1.50. The Balaban J connectivity index is 1.82. The summed E-state index contributed by atoms with van der Waals surface area (Å²) in [6.07, 6.45) is 1.82.